The summed E-state index contributed by atoms with van der Waals surface area (Å²) in [4.78, 5) is 24.5. The van der Waals surface area contributed by atoms with E-state index in [1.807, 2.05) is 0 Å². The molecule has 0 aliphatic carbocycles. The fourth-order valence-corrected chi connectivity index (χ4v) is 3.36. The van der Waals surface area contributed by atoms with Gasteiger partial charge in [0.25, 0.3) is 0 Å². The minimum atomic E-state index is 0.596. The summed E-state index contributed by atoms with van der Waals surface area (Å²) in [7, 11) is 1.62. The van der Waals surface area contributed by atoms with Gasteiger partial charge in [0.15, 0.2) is 0 Å². The SMILES string of the molecule is COc1ccnc(N2CCN(c3cc(N4CCCC4)ncn3)CC2)n1. The Labute approximate surface area is 147 Å². The van der Waals surface area contributed by atoms with Crippen molar-refractivity contribution in [2.24, 2.45) is 0 Å². The van der Waals surface area contributed by atoms with Crippen LogP contribution in [0.25, 0.3) is 0 Å². The Morgan fingerprint density at radius 2 is 1.48 bits per heavy atom. The van der Waals surface area contributed by atoms with Gasteiger partial charge in [0, 0.05) is 57.6 Å². The monoisotopic (exact) mass is 341 g/mol. The molecule has 25 heavy (non-hydrogen) atoms. The molecule has 0 aromatic carbocycles. The highest BCUT2D eigenvalue weighted by atomic mass is 16.5. The number of piperazine rings is 1. The molecule has 0 unspecified atom stereocenters. The van der Waals surface area contributed by atoms with Crippen LogP contribution in [0.3, 0.4) is 0 Å². The van der Waals surface area contributed by atoms with Gasteiger partial charge < -0.3 is 19.4 Å². The molecule has 132 valence electrons. The first-order valence-electron chi connectivity index (χ1n) is 8.77. The van der Waals surface area contributed by atoms with Crippen LogP contribution in [0.5, 0.6) is 5.88 Å². The highest BCUT2D eigenvalue weighted by molar-refractivity contribution is 5.51. The van der Waals surface area contributed by atoms with Gasteiger partial charge in [0.05, 0.1) is 7.11 Å². The van der Waals surface area contributed by atoms with Crippen molar-refractivity contribution in [2.75, 3.05) is 61.1 Å². The molecular formula is C17H23N7O. The van der Waals surface area contributed by atoms with Crippen LogP contribution in [0.15, 0.2) is 24.7 Å². The third-order valence-corrected chi connectivity index (χ3v) is 4.78. The Hall–Kier alpha value is -2.64. The normalized spacial score (nSPS) is 17.9. The largest absolute Gasteiger partial charge is 0.481 e. The van der Waals surface area contributed by atoms with Gasteiger partial charge in [-0.1, -0.05) is 0 Å². The zero-order valence-corrected chi connectivity index (χ0v) is 14.5. The Bertz CT molecular complexity index is 712. The van der Waals surface area contributed by atoms with Crippen LogP contribution in [-0.2, 0) is 0 Å². The number of ether oxygens (including phenoxy) is 1. The van der Waals surface area contributed by atoms with Crippen molar-refractivity contribution in [1.29, 1.82) is 0 Å². The molecule has 0 spiro atoms. The Kier molecular flexibility index (Phi) is 4.49. The second-order valence-corrected chi connectivity index (χ2v) is 6.30. The summed E-state index contributed by atoms with van der Waals surface area (Å²) in [6.45, 7) is 5.68. The maximum atomic E-state index is 5.19. The van der Waals surface area contributed by atoms with E-state index < -0.39 is 0 Å². The Morgan fingerprint density at radius 1 is 0.840 bits per heavy atom. The van der Waals surface area contributed by atoms with Crippen LogP contribution in [0.1, 0.15) is 12.8 Å². The van der Waals surface area contributed by atoms with Crippen molar-refractivity contribution in [3.8, 4) is 5.88 Å². The van der Waals surface area contributed by atoms with E-state index in [4.69, 9.17) is 4.74 Å². The molecule has 0 radical (unpaired) electrons. The molecule has 8 heteroatoms. The Balaban J connectivity index is 1.42. The lowest BCUT2D eigenvalue weighted by molar-refractivity contribution is 0.396. The molecule has 0 bridgehead atoms. The molecule has 0 amide bonds. The average molecular weight is 341 g/mol. The van der Waals surface area contributed by atoms with Gasteiger partial charge in [0.1, 0.15) is 18.0 Å². The second kappa shape index (κ2) is 7.08. The van der Waals surface area contributed by atoms with Crippen LogP contribution in [0, 0.1) is 0 Å². The quantitative estimate of drug-likeness (QED) is 0.822. The minimum absolute atomic E-state index is 0.596. The molecule has 2 aromatic heterocycles. The van der Waals surface area contributed by atoms with Crippen molar-refractivity contribution in [3.63, 3.8) is 0 Å². The van der Waals surface area contributed by atoms with Gasteiger partial charge in [-0.15, -0.1) is 0 Å². The van der Waals surface area contributed by atoms with E-state index in [0.717, 1.165) is 56.9 Å². The van der Waals surface area contributed by atoms with E-state index in [-0.39, 0.29) is 0 Å². The van der Waals surface area contributed by atoms with Gasteiger partial charge >= 0.3 is 0 Å². The lowest BCUT2D eigenvalue weighted by atomic mass is 10.3. The molecule has 4 heterocycles. The highest BCUT2D eigenvalue weighted by Gasteiger charge is 2.22. The van der Waals surface area contributed by atoms with Gasteiger partial charge in [-0.2, -0.15) is 4.98 Å². The molecule has 2 aromatic rings. The summed E-state index contributed by atoms with van der Waals surface area (Å²) >= 11 is 0. The summed E-state index contributed by atoms with van der Waals surface area (Å²) < 4.78 is 5.19. The van der Waals surface area contributed by atoms with Crippen molar-refractivity contribution in [3.05, 3.63) is 24.7 Å². The number of nitrogens with zero attached hydrogens (tertiary/aromatic N) is 7. The lowest BCUT2D eigenvalue weighted by Gasteiger charge is -2.35. The number of anilines is 3. The first kappa shape index (κ1) is 15.9. The van der Waals surface area contributed by atoms with Crippen molar-refractivity contribution >= 4 is 17.6 Å². The number of hydrogen-bond acceptors (Lipinski definition) is 8. The topological polar surface area (TPSA) is 70.5 Å². The average Bonchev–Trinajstić information content (AvgIpc) is 3.23. The van der Waals surface area contributed by atoms with E-state index in [1.165, 1.54) is 12.8 Å². The molecule has 2 fully saturated rings. The van der Waals surface area contributed by atoms with Crippen LogP contribution in [-0.4, -0.2) is 66.3 Å². The van der Waals surface area contributed by atoms with E-state index in [9.17, 15) is 0 Å². The van der Waals surface area contributed by atoms with Gasteiger partial charge in [0.2, 0.25) is 11.8 Å². The fraction of sp³-hybridized carbons (Fsp3) is 0.529. The van der Waals surface area contributed by atoms with Crippen molar-refractivity contribution in [1.82, 2.24) is 19.9 Å². The molecule has 2 aliphatic heterocycles. The molecule has 8 nitrogen and oxygen atoms in total. The van der Waals surface area contributed by atoms with Crippen LogP contribution in [0.2, 0.25) is 0 Å². The maximum absolute atomic E-state index is 5.19. The zero-order chi connectivity index (χ0) is 17.1. The number of rotatable bonds is 4. The van der Waals surface area contributed by atoms with Crippen LogP contribution >= 0.6 is 0 Å². The fourth-order valence-electron chi connectivity index (χ4n) is 3.36. The molecular weight excluding hydrogens is 318 g/mol. The van der Waals surface area contributed by atoms with E-state index in [0.29, 0.717) is 5.88 Å². The smallest absolute Gasteiger partial charge is 0.228 e. The van der Waals surface area contributed by atoms with E-state index in [2.05, 4.69) is 40.7 Å². The third kappa shape index (κ3) is 3.42. The standard InChI is InChI=1S/C17H23N7O/c1-25-16-4-5-18-17(21-16)24-10-8-23(9-11-24)15-12-14(19-13-20-15)22-6-2-3-7-22/h4-5,12-13H,2-3,6-11H2,1H3. The Morgan fingerprint density at radius 3 is 2.16 bits per heavy atom. The summed E-state index contributed by atoms with van der Waals surface area (Å²) in [5.74, 6) is 3.36. The predicted octanol–water partition coefficient (Wildman–Crippen LogP) is 1.20. The first-order chi connectivity index (χ1) is 12.3. The molecule has 4 rings (SSSR count). The van der Waals surface area contributed by atoms with E-state index in [1.54, 1.807) is 25.7 Å². The molecule has 0 N–H and O–H groups in total. The van der Waals surface area contributed by atoms with Gasteiger partial charge in [-0.25, -0.2) is 15.0 Å². The summed E-state index contributed by atoms with van der Waals surface area (Å²) in [5.41, 5.74) is 0. The third-order valence-electron chi connectivity index (χ3n) is 4.78. The summed E-state index contributed by atoms with van der Waals surface area (Å²) in [5, 5.41) is 0. The van der Waals surface area contributed by atoms with Crippen molar-refractivity contribution < 1.29 is 4.74 Å². The lowest BCUT2D eigenvalue weighted by Crippen LogP contribution is -2.47. The first-order valence-corrected chi connectivity index (χ1v) is 8.77. The van der Waals surface area contributed by atoms with Crippen LogP contribution < -0.4 is 19.4 Å². The molecule has 0 saturated carbocycles. The number of aromatic nitrogens is 4. The maximum Gasteiger partial charge on any atom is 0.228 e. The predicted molar refractivity (Wildman–Crippen MR) is 96.5 cm³/mol. The van der Waals surface area contributed by atoms with Crippen LogP contribution in [0.4, 0.5) is 17.6 Å². The van der Waals surface area contributed by atoms with Gasteiger partial charge in [-0.05, 0) is 12.8 Å². The zero-order valence-electron chi connectivity index (χ0n) is 14.5. The second-order valence-electron chi connectivity index (χ2n) is 6.30. The summed E-state index contributed by atoms with van der Waals surface area (Å²) in [6.07, 6.45) is 5.91. The van der Waals surface area contributed by atoms with Gasteiger partial charge in [-0.3, -0.25) is 0 Å². The number of methoxy groups -OCH3 is 1. The van der Waals surface area contributed by atoms with Crippen molar-refractivity contribution in [2.45, 2.75) is 12.8 Å². The molecule has 2 saturated heterocycles. The molecule has 0 atom stereocenters. The highest BCUT2D eigenvalue weighted by Crippen LogP contribution is 2.23. The minimum Gasteiger partial charge on any atom is -0.481 e. The van der Waals surface area contributed by atoms with E-state index >= 15 is 0 Å². The number of hydrogen-bond donors (Lipinski definition) is 0. The summed E-state index contributed by atoms with van der Waals surface area (Å²) in [6, 6.07) is 3.88. The molecule has 2 aliphatic rings.